The highest BCUT2D eigenvalue weighted by molar-refractivity contribution is 6.02. The molecule has 2 heterocycles. The van der Waals surface area contributed by atoms with Gasteiger partial charge in [0.05, 0.1) is 27.4 Å². The molecule has 246 valence electrons. The van der Waals surface area contributed by atoms with Crippen molar-refractivity contribution in [2.75, 3.05) is 34.5 Å². The maximum Gasteiger partial charge on any atom is 0.509 e. The van der Waals surface area contributed by atoms with Crippen molar-refractivity contribution < 1.29 is 52.5 Å². The summed E-state index contributed by atoms with van der Waals surface area (Å²) in [7, 11) is 3.74. The molecular weight excluding hydrogens is 592 g/mol. The number of H-pyrrole nitrogens is 1. The van der Waals surface area contributed by atoms with Crippen LogP contribution in [-0.2, 0) is 33.3 Å². The number of carbonyl (C=O) groups is 6. The summed E-state index contributed by atoms with van der Waals surface area (Å²) in [5, 5.41) is 6.08. The lowest BCUT2D eigenvalue weighted by molar-refractivity contribution is -0.140. The molecule has 2 aromatic rings. The molecule has 3 rings (SSSR count). The van der Waals surface area contributed by atoms with E-state index in [4.69, 9.17) is 14.2 Å². The minimum Gasteiger partial charge on any atom is -0.496 e. The number of benzene rings is 1. The summed E-state index contributed by atoms with van der Waals surface area (Å²) < 4.78 is 24.1. The fourth-order valence-corrected chi connectivity index (χ4v) is 5.08. The Bertz CT molecular complexity index is 1410. The minimum absolute atomic E-state index is 0.0260. The van der Waals surface area contributed by atoms with E-state index in [0.717, 1.165) is 14.2 Å². The van der Waals surface area contributed by atoms with Crippen LogP contribution in [0.4, 0.5) is 9.59 Å². The maximum absolute atomic E-state index is 13.6. The van der Waals surface area contributed by atoms with Crippen LogP contribution in [0, 0.1) is 11.8 Å². The van der Waals surface area contributed by atoms with Crippen LogP contribution in [0.5, 0.6) is 5.75 Å². The third-order valence-corrected chi connectivity index (χ3v) is 7.37. The van der Waals surface area contributed by atoms with Gasteiger partial charge in [-0.3, -0.25) is 19.2 Å². The number of hydrogen-bond acceptors (Lipinski definition) is 11. The van der Waals surface area contributed by atoms with Gasteiger partial charge in [-0.2, -0.15) is 0 Å². The molecule has 1 aliphatic heterocycles. The summed E-state index contributed by atoms with van der Waals surface area (Å²) in [5.74, 6) is -2.47. The van der Waals surface area contributed by atoms with E-state index >= 15 is 0 Å². The van der Waals surface area contributed by atoms with Gasteiger partial charge in [0.15, 0.2) is 18.6 Å². The zero-order valence-corrected chi connectivity index (χ0v) is 26.2. The number of ketones is 1. The molecule has 3 unspecified atom stereocenters. The molecule has 0 spiro atoms. The molecule has 3 N–H and O–H groups in total. The average molecular weight is 633 g/mol. The van der Waals surface area contributed by atoms with Gasteiger partial charge in [-0.05, 0) is 50.3 Å². The minimum atomic E-state index is -1.25. The molecule has 45 heavy (non-hydrogen) atoms. The first kappa shape index (κ1) is 34.7. The number of rotatable bonds is 14. The molecule has 1 aromatic heterocycles. The van der Waals surface area contributed by atoms with Crippen LogP contribution in [0.3, 0.4) is 0 Å². The van der Waals surface area contributed by atoms with Crippen LogP contribution in [0.1, 0.15) is 50.5 Å². The highest BCUT2D eigenvalue weighted by Gasteiger charge is 2.39. The Balaban J connectivity index is 1.78. The van der Waals surface area contributed by atoms with Gasteiger partial charge in [-0.25, -0.2) is 9.59 Å². The summed E-state index contributed by atoms with van der Waals surface area (Å²) in [6, 6.07) is 4.63. The highest BCUT2D eigenvalue weighted by Crippen LogP contribution is 2.27. The summed E-state index contributed by atoms with van der Waals surface area (Å²) >= 11 is 0. The number of Topliss-reactive ketones (excluding diaryl/α,β-unsaturated/α-hetero) is 1. The normalized spacial score (nSPS) is 16.5. The van der Waals surface area contributed by atoms with Gasteiger partial charge in [-0.15, -0.1) is 0 Å². The Morgan fingerprint density at radius 3 is 2.36 bits per heavy atom. The fourth-order valence-electron chi connectivity index (χ4n) is 5.08. The molecule has 15 nitrogen and oxygen atoms in total. The molecule has 1 fully saturated rings. The van der Waals surface area contributed by atoms with Crippen LogP contribution in [0.25, 0.3) is 10.9 Å². The standard InChI is InChI=1S/C30H40N4O11/c1-16(2)12-22(33-27(37)23-14-19-20(31-23)8-7-9-25(19)41-4)26(36)32-21(24(35)15-44-29(39)42-5)13-18-10-11-34(28(18)38)17(3)45-30(40)43-6/h7-9,14,16-18,21-22,31H,10-13,15H2,1-6H3,(H,32,36)(H,33,37)/t17?,18-,21?,22?/m0/s1. The van der Waals surface area contributed by atoms with Crippen LogP contribution < -0.4 is 15.4 Å². The van der Waals surface area contributed by atoms with Crippen LogP contribution in [0.2, 0.25) is 0 Å². The van der Waals surface area contributed by atoms with Crippen molar-refractivity contribution in [3.8, 4) is 5.75 Å². The van der Waals surface area contributed by atoms with E-state index < -0.39 is 66.7 Å². The Morgan fingerprint density at radius 1 is 1.00 bits per heavy atom. The average Bonchev–Trinajstić information content (AvgIpc) is 3.62. The first-order valence-electron chi connectivity index (χ1n) is 14.4. The van der Waals surface area contributed by atoms with Gasteiger partial charge in [0.2, 0.25) is 11.8 Å². The van der Waals surface area contributed by atoms with E-state index in [1.807, 2.05) is 13.8 Å². The lowest BCUT2D eigenvalue weighted by atomic mass is 9.95. The molecule has 0 aliphatic carbocycles. The number of aromatic nitrogens is 1. The number of carbonyl (C=O) groups excluding carboxylic acids is 6. The van der Waals surface area contributed by atoms with E-state index in [-0.39, 0.29) is 31.0 Å². The summed E-state index contributed by atoms with van der Waals surface area (Å²) in [6.07, 6.45) is -2.55. The van der Waals surface area contributed by atoms with Gasteiger partial charge >= 0.3 is 12.3 Å². The SMILES string of the molecule is COC(=O)OCC(=O)C(C[C@@H]1CCN(C(C)OC(=O)OC)C1=O)NC(=O)C(CC(C)C)NC(=O)c1cc2c(OC)cccc2[nH]1. The summed E-state index contributed by atoms with van der Waals surface area (Å²) in [4.78, 5) is 80.6. The third-order valence-electron chi connectivity index (χ3n) is 7.37. The molecule has 4 atom stereocenters. The van der Waals surface area contributed by atoms with Gasteiger partial charge in [0, 0.05) is 23.4 Å². The molecule has 15 heteroatoms. The Hall–Kier alpha value is -4.82. The van der Waals surface area contributed by atoms with Crippen molar-refractivity contribution in [3.05, 3.63) is 30.0 Å². The molecule has 1 aliphatic rings. The Morgan fingerprint density at radius 2 is 1.71 bits per heavy atom. The van der Waals surface area contributed by atoms with Gasteiger partial charge in [0.1, 0.15) is 17.5 Å². The van der Waals surface area contributed by atoms with Gasteiger partial charge in [-0.1, -0.05) is 19.9 Å². The molecule has 1 saturated heterocycles. The van der Waals surface area contributed by atoms with Crippen molar-refractivity contribution in [3.63, 3.8) is 0 Å². The van der Waals surface area contributed by atoms with E-state index in [1.54, 1.807) is 24.3 Å². The predicted molar refractivity (Wildman–Crippen MR) is 158 cm³/mol. The number of nitrogens with zero attached hydrogens (tertiary/aromatic N) is 1. The van der Waals surface area contributed by atoms with Crippen LogP contribution in [0.15, 0.2) is 24.3 Å². The monoisotopic (exact) mass is 632 g/mol. The molecule has 0 bridgehead atoms. The van der Waals surface area contributed by atoms with Crippen LogP contribution in [-0.4, -0.2) is 98.5 Å². The lowest BCUT2D eigenvalue weighted by Crippen LogP contribution is -2.53. The maximum atomic E-state index is 13.6. The number of hydrogen-bond donors (Lipinski definition) is 3. The second-order valence-electron chi connectivity index (χ2n) is 11.0. The van der Waals surface area contributed by atoms with Crippen molar-refractivity contribution in [1.29, 1.82) is 0 Å². The fraction of sp³-hybridized carbons (Fsp3) is 0.533. The predicted octanol–water partition coefficient (Wildman–Crippen LogP) is 2.53. The topological polar surface area (TPSA) is 192 Å². The number of nitrogens with one attached hydrogen (secondary N) is 3. The van der Waals surface area contributed by atoms with E-state index in [1.165, 1.54) is 18.9 Å². The molecule has 0 radical (unpaired) electrons. The summed E-state index contributed by atoms with van der Waals surface area (Å²) in [5.41, 5.74) is 0.873. The number of likely N-dealkylation sites (tertiary alicyclic amines) is 1. The molecule has 1 aromatic carbocycles. The number of ether oxygens (including phenoxy) is 5. The number of fused-ring (bicyclic) bond motifs is 1. The largest absolute Gasteiger partial charge is 0.509 e. The van der Waals surface area contributed by atoms with Crippen molar-refractivity contribution in [2.24, 2.45) is 11.8 Å². The molecular formula is C30H40N4O11. The Labute approximate surface area is 260 Å². The third kappa shape index (κ3) is 9.09. The number of methoxy groups -OCH3 is 3. The van der Waals surface area contributed by atoms with E-state index in [9.17, 15) is 28.8 Å². The first-order valence-corrected chi connectivity index (χ1v) is 14.4. The van der Waals surface area contributed by atoms with Crippen molar-refractivity contribution in [2.45, 2.75) is 58.3 Å². The highest BCUT2D eigenvalue weighted by atomic mass is 16.7. The van der Waals surface area contributed by atoms with Gasteiger partial charge in [0.25, 0.3) is 5.91 Å². The summed E-state index contributed by atoms with van der Waals surface area (Å²) in [6.45, 7) is 4.76. The Kier molecular flexibility index (Phi) is 12.1. The zero-order chi connectivity index (χ0) is 33.3. The second kappa shape index (κ2) is 15.8. The first-order chi connectivity index (χ1) is 21.4. The molecule has 0 saturated carbocycles. The number of amides is 3. The van der Waals surface area contributed by atoms with Crippen molar-refractivity contribution >= 4 is 46.7 Å². The number of aromatic amines is 1. The van der Waals surface area contributed by atoms with Gasteiger partial charge < -0.3 is 44.2 Å². The van der Waals surface area contributed by atoms with Crippen molar-refractivity contribution in [1.82, 2.24) is 20.5 Å². The zero-order valence-electron chi connectivity index (χ0n) is 26.2. The van der Waals surface area contributed by atoms with Crippen LogP contribution >= 0.6 is 0 Å². The lowest BCUT2D eigenvalue weighted by Gasteiger charge is -2.26. The quantitative estimate of drug-likeness (QED) is 0.259. The second-order valence-corrected chi connectivity index (χ2v) is 11.0. The van der Waals surface area contributed by atoms with E-state index in [0.29, 0.717) is 23.1 Å². The molecule has 3 amide bonds. The van der Waals surface area contributed by atoms with E-state index in [2.05, 4.69) is 25.1 Å². The smallest absolute Gasteiger partial charge is 0.496 e.